The highest BCUT2D eigenvalue weighted by Crippen LogP contribution is 2.18. The van der Waals surface area contributed by atoms with Gasteiger partial charge >= 0.3 is 0 Å². The Labute approximate surface area is 121 Å². The van der Waals surface area contributed by atoms with Crippen LogP contribution in [0.4, 0.5) is 5.82 Å². The van der Waals surface area contributed by atoms with Crippen molar-refractivity contribution in [2.75, 3.05) is 31.7 Å². The molecule has 0 saturated carbocycles. The lowest BCUT2D eigenvalue weighted by Crippen LogP contribution is -2.37. The first-order valence-electron chi connectivity index (χ1n) is 7.49. The molecule has 2 heterocycles. The highest BCUT2D eigenvalue weighted by atomic mass is 16.5. The van der Waals surface area contributed by atoms with Gasteiger partial charge in [-0.25, -0.2) is 4.98 Å². The van der Waals surface area contributed by atoms with Crippen molar-refractivity contribution in [3.63, 3.8) is 0 Å². The van der Waals surface area contributed by atoms with Crippen molar-refractivity contribution < 1.29 is 4.74 Å². The molecule has 0 atom stereocenters. The summed E-state index contributed by atoms with van der Waals surface area (Å²) >= 11 is 0. The van der Waals surface area contributed by atoms with E-state index in [4.69, 9.17) is 9.72 Å². The third kappa shape index (κ3) is 4.42. The summed E-state index contributed by atoms with van der Waals surface area (Å²) in [4.78, 5) is 11.3. The molecule has 5 heteroatoms. The SMILES string of the molecule is CC(C)CNCc1cncc(N(C)C2CCOCC2)n1. The van der Waals surface area contributed by atoms with Gasteiger partial charge in [-0.2, -0.15) is 0 Å². The molecule has 0 spiro atoms. The van der Waals surface area contributed by atoms with Crippen LogP contribution < -0.4 is 10.2 Å². The summed E-state index contributed by atoms with van der Waals surface area (Å²) in [5, 5.41) is 3.41. The number of nitrogens with zero attached hydrogens (tertiary/aromatic N) is 3. The molecule has 0 unspecified atom stereocenters. The van der Waals surface area contributed by atoms with Crippen LogP contribution in [-0.2, 0) is 11.3 Å². The van der Waals surface area contributed by atoms with E-state index in [1.165, 1.54) is 0 Å². The Kier molecular flexibility index (Phi) is 5.73. The monoisotopic (exact) mass is 278 g/mol. The van der Waals surface area contributed by atoms with Gasteiger partial charge in [0.25, 0.3) is 0 Å². The fourth-order valence-corrected chi connectivity index (χ4v) is 2.40. The maximum Gasteiger partial charge on any atom is 0.147 e. The summed E-state index contributed by atoms with van der Waals surface area (Å²) < 4.78 is 5.41. The van der Waals surface area contributed by atoms with Crippen LogP contribution in [0.5, 0.6) is 0 Å². The summed E-state index contributed by atoms with van der Waals surface area (Å²) in [6.07, 6.45) is 5.82. The van der Waals surface area contributed by atoms with Crippen LogP contribution in [0.15, 0.2) is 12.4 Å². The second-order valence-corrected chi connectivity index (χ2v) is 5.85. The maximum atomic E-state index is 5.41. The predicted octanol–water partition coefficient (Wildman–Crippen LogP) is 1.84. The molecule has 0 aromatic carbocycles. The molecule has 1 fully saturated rings. The van der Waals surface area contributed by atoms with Crippen molar-refractivity contribution >= 4 is 5.82 Å². The van der Waals surface area contributed by atoms with Crippen LogP contribution in [-0.4, -0.2) is 42.8 Å². The molecule has 0 aliphatic carbocycles. The highest BCUT2D eigenvalue weighted by Gasteiger charge is 2.19. The second-order valence-electron chi connectivity index (χ2n) is 5.85. The van der Waals surface area contributed by atoms with E-state index in [1.54, 1.807) is 0 Å². The molecule has 1 aliphatic rings. The number of rotatable bonds is 6. The lowest BCUT2D eigenvalue weighted by atomic mass is 10.1. The van der Waals surface area contributed by atoms with Crippen LogP contribution in [0.25, 0.3) is 0 Å². The molecule has 2 rings (SSSR count). The Bertz CT molecular complexity index is 405. The quantitative estimate of drug-likeness (QED) is 0.860. The van der Waals surface area contributed by atoms with E-state index in [-0.39, 0.29) is 0 Å². The first kappa shape index (κ1) is 15.2. The van der Waals surface area contributed by atoms with Crippen molar-refractivity contribution in [1.82, 2.24) is 15.3 Å². The molecule has 1 aliphatic heterocycles. The number of ether oxygens (including phenoxy) is 1. The summed E-state index contributed by atoms with van der Waals surface area (Å²) in [5.74, 6) is 1.61. The van der Waals surface area contributed by atoms with Gasteiger partial charge in [0.2, 0.25) is 0 Å². The summed E-state index contributed by atoms with van der Waals surface area (Å²) in [6.45, 7) is 7.88. The molecule has 1 N–H and O–H groups in total. The number of anilines is 1. The number of nitrogens with one attached hydrogen (secondary N) is 1. The minimum atomic E-state index is 0.511. The third-order valence-corrected chi connectivity index (χ3v) is 3.63. The molecule has 1 saturated heterocycles. The smallest absolute Gasteiger partial charge is 0.147 e. The summed E-state index contributed by atoms with van der Waals surface area (Å²) in [5.41, 5.74) is 1.00. The third-order valence-electron chi connectivity index (χ3n) is 3.63. The van der Waals surface area contributed by atoms with Crippen LogP contribution in [0, 0.1) is 5.92 Å². The van der Waals surface area contributed by atoms with E-state index in [9.17, 15) is 0 Å². The van der Waals surface area contributed by atoms with Gasteiger partial charge < -0.3 is 15.0 Å². The van der Waals surface area contributed by atoms with Crippen LogP contribution >= 0.6 is 0 Å². The van der Waals surface area contributed by atoms with E-state index < -0.39 is 0 Å². The molecule has 0 bridgehead atoms. The summed E-state index contributed by atoms with van der Waals surface area (Å²) in [7, 11) is 2.10. The predicted molar refractivity (Wildman–Crippen MR) is 80.8 cm³/mol. The Hall–Kier alpha value is -1.20. The molecule has 20 heavy (non-hydrogen) atoms. The minimum absolute atomic E-state index is 0.511. The van der Waals surface area contributed by atoms with Crippen molar-refractivity contribution in [2.24, 2.45) is 5.92 Å². The highest BCUT2D eigenvalue weighted by molar-refractivity contribution is 5.36. The van der Waals surface area contributed by atoms with Crippen molar-refractivity contribution in [3.8, 4) is 0 Å². The zero-order valence-electron chi connectivity index (χ0n) is 12.8. The minimum Gasteiger partial charge on any atom is -0.381 e. The number of hydrogen-bond acceptors (Lipinski definition) is 5. The lowest BCUT2D eigenvalue weighted by molar-refractivity contribution is 0.0853. The first-order chi connectivity index (χ1) is 9.66. The lowest BCUT2D eigenvalue weighted by Gasteiger charge is -2.31. The van der Waals surface area contributed by atoms with Crippen LogP contribution in [0.2, 0.25) is 0 Å². The Morgan fingerprint density at radius 3 is 2.80 bits per heavy atom. The van der Waals surface area contributed by atoms with Crippen LogP contribution in [0.1, 0.15) is 32.4 Å². The van der Waals surface area contributed by atoms with E-state index >= 15 is 0 Å². The zero-order chi connectivity index (χ0) is 14.4. The molecule has 0 radical (unpaired) electrons. The van der Waals surface area contributed by atoms with Gasteiger partial charge in [0.05, 0.1) is 11.9 Å². The van der Waals surface area contributed by atoms with Crippen LogP contribution in [0.3, 0.4) is 0 Å². The number of aromatic nitrogens is 2. The Balaban J connectivity index is 1.93. The Morgan fingerprint density at radius 2 is 2.10 bits per heavy atom. The fraction of sp³-hybridized carbons (Fsp3) is 0.733. The Morgan fingerprint density at radius 1 is 1.35 bits per heavy atom. The van der Waals surface area contributed by atoms with Crippen molar-refractivity contribution in [3.05, 3.63) is 18.1 Å². The maximum absolute atomic E-state index is 5.41. The van der Waals surface area contributed by atoms with E-state index in [2.05, 4.69) is 36.1 Å². The molecular formula is C15H26N4O. The standard InChI is InChI=1S/C15H26N4O/c1-12(2)8-16-9-13-10-17-11-15(18-13)19(3)14-4-6-20-7-5-14/h10-12,14,16H,4-9H2,1-3H3. The van der Waals surface area contributed by atoms with E-state index in [1.807, 2.05) is 12.4 Å². The normalized spacial score (nSPS) is 16.6. The molecule has 1 aromatic heterocycles. The van der Waals surface area contributed by atoms with Crippen molar-refractivity contribution in [2.45, 2.75) is 39.3 Å². The average molecular weight is 278 g/mol. The topological polar surface area (TPSA) is 50.3 Å². The zero-order valence-corrected chi connectivity index (χ0v) is 12.8. The largest absolute Gasteiger partial charge is 0.381 e. The molecule has 0 amide bonds. The van der Waals surface area contributed by atoms with Gasteiger partial charge in [-0.1, -0.05) is 13.8 Å². The molecule has 5 nitrogen and oxygen atoms in total. The average Bonchev–Trinajstić information content (AvgIpc) is 2.47. The number of hydrogen-bond donors (Lipinski definition) is 1. The van der Waals surface area contributed by atoms with Crippen molar-refractivity contribution in [1.29, 1.82) is 0 Å². The molecular weight excluding hydrogens is 252 g/mol. The van der Waals surface area contributed by atoms with Gasteiger partial charge in [0.1, 0.15) is 5.82 Å². The van der Waals surface area contributed by atoms with E-state index in [0.717, 1.165) is 50.7 Å². The molecule has 112 valence electrons. The van der Waals surface area contributed by atoms with Gasteiger partial charge in [0, 0.05) is 39.0 Å². The van der Waals surface area contributed by atoms with Gasteiger partial charge in [0.15, 0.2) is 0 Å². The first-order valence-corrected chi connectivity index (χ1v) is 7.49. The van der Waals surface area contributed by atoms with Gasteiger partial charge in [-0.05, 0) is 25.3 Å². The fourth-order valence-electron chi connectivity index (χ4n) is 2.40. The van der Waals surface area contributed by atoms with Gasteiger partial charge in [-0.3, -0.25) is 4.98 Å². The second kappa shape index (κ2) is 7.55. The van der Waals surface area contributed by atoms with E-state index in [0.29, 0.717) is 12.0 Å². The summed E-state index contributed by atoms with van der Waals surface area (Å²) in [6, 6.07) is 0.511. The molecule has 1 aromatic rings. The van der Waals surface area contributed by atoms with Gasteiger partial charge in [-0.15, -0.1) is 0 Å².